The number of hydrogen-bond acceptors (Lipinski definition) is 2. The van der Waals surface area contributed by atoms with E-state index in [1.807, 2.05) is 13.8 Å². The molecule has 96 valence electrons. The van der Waals surface area contributed by atoms with E-state index in [-0.39, 0.29) is 22.7 Å². The molecule has 0 aromatic rings. The van der Waals surface area contributed by atoms with E-state index < -0.39 is 18.1 Å². The Morgan fingerprint density at radius 1 is 1.12 bits per heavy atom. The van der Waals surface area contributed by atoms with Crippen molar-refractivity contribution in [2.75, 3.05) is 6.54 Å². The van der Waals surface area contributed by atoms with Crippen LogP contribution in [-0.2, 0) is 4.79 Å². The Hall–Kier alpha value is -1.26. The quantitative estimate of drug-likeness (QED) is 0.733. The van der Waals surface area contributed by atoms with Crippen LogP contribution in [0.5, 0.6) is 0 Å². The van der Waals surface area contributed by atoms with E-state index >= 15 is 0 Å². The molecule has 0 radical (unpaired) electrons. The molecule has 5 nitrogen and oxygen atoms in total. The fourth-order valence-electron chi connectivity index (χ4n) is 3.72. The van der Waals surface area contributed by atoms with Gasteiger partial charge in [0, 0.05) is 12.5 Å². The molecule has 3 atom stereocenters. The van der Waals surface area contributed by atoms with Gasteiger partial charge < -0.3 is 10.2 Å². The Bertz CT molecular complexity index is 388. The van der Waals surface area contributed by atoms with Crippen LogP contribution in [0.25, 0.3) is 0 Å². The van der Waals surface area contributed by atoms with Gasteiger partial charge in [0.25, 0.3) is 0 Å². The van der Waals surface area contributed by atoms with Gasteiger partial charge in [0.2, 0.25) is 0 Å². The van der Waals surface area contributed by atoms with Crippen LogP contribution in [0.4, 0.5) is 4.79 Å². The monoisotopic (exact) mass is 241 g/mol. The van der Waals surface area contributed by atoms with Gasteiger partial charge in [0.05, 0.1) is 0 Å². The summed E-state index contributed by atoms with van der Waals surface area (Å²) in [4.78, 5) is 23.5. The van der Waals surface area contributed by atoms with Gasteiger partial charge in [-0.15, -0.1) is 0 Å². The van der Waals surface area contributed by atoms with Gasteiger partial charge in [-0.1, -0.05) is 27.7 Å². The fraction of sp³-hybridized carbons (Fsp3) is 0.833. The number of likely N-dealkylation sites (tertiary alicyclic amines) is 1. The van der Waals surface area contributed by atoms with E-state index in [0.29, 0.717) is 6.54 Å². The molecular formula is C12H19NO4. The van der Waals surface area contributed by atoms with Crippen LogP contribution < -0.4 is 0 Å². The predicted octanol–water partition coefficient (Wildman–Crippen LogP) is 1.73. The van der Waals surface area contributed by atoms with Crippen LogP contribution in [-0.4, -0.2) is 39.8 Å². The highest BCUT2D eigenvalue weighted by atomic mass is 16.4. The molecule has 1 aliphatic heterocycles. The number of hydrogen-bond donors (Lipinski definition) is 2. The number of rotatable bonds is 1. The normalized spacial score (nSPS) is 37.2. The van der Waals surface area contributed by atoms with Crippen LogP contribution in [0, 0.1) is 22.7 Å². The zero-order chi connectivity index (χ0) is 13.2. The molecule has 0 unspecified atom stereocenters. The average molecular weight is 241 g/mol. The van der Waals surface area contributed by atoms with Gasteiger partial charge in [0.15, 0.2) is 0 Å². The summed E-state index contributed by atoms with van der Waals surface area (Å²) in [7, 11) is 0. The third kappa shape index (κ3) is 1.25. The first-order valence-corrected chi connectivity index (χ1v) is 5.84. The second kappa shape index (κ2) is 3.15. The van der Waals surface area contributed by atoms with E-state index in [2.05, 4.69) is 13.8 Å². The van der Waals surface area contributed by atoms with Crippen LogP contribution in [0.15, 0.2) is 0 Å². The maximum atomic E-state index is 11.3. The van der Waals surface area contributed by atoms with E-state index in [9.17, 15) is 14.7 Å². The van der Waals surface area contributed by atoms with Crippen molar-refractivity contribution in [3.8, 4) is 0 Å². The second-order valence-electron chi connectivity index (χ2n) is 6.29. The number of fused-ring (bicyclic) bond motifs is 1. The van der Waals surface area contributed by atoms with Gasteiger partial charge in [-0.2, -0.15) is 0 Å². The Morgan fingerprint density at radius 3 is 2.06 bits per heavy atom. The Morgan fingerprint density at radius 2 is 1.65 bits per heavy atom. The standard InChI is InChI=1S/C12H19NO4/c1-11(2)6-5-13(10(16)17)8(9(14)15)7(6)12(11,3)4/h6-8H,5H2,1-4H3,(H,14,15)(H,16,17)/t6-,7-,8-/m0/s1. The minimum atomic E-state index is -1.13. The third-order valence-corrected chi connectivity index (χ3v) is 5.42. The molecule has 1 saturated heterocycles. The number of aliphatic carboxylic acids is 1. The van der Waals surface area contributed by atoms with Crippen molar-refractivity contribution in [3.63, 3.8) is 0 Å². The van der Waals surface area contributed by atoms with Gasteiger partial charge in [-0.25, -0.2) is 9.59 Å². The lowest BCUT2D eigenvalue weighted by Crippen LogP contribution is -2.62. The molecule has 2 rings (SSSR count). The minimum absolute atomic E-state index is 0.0183. The highest BCUT2D eigenvalue weighted by molar-refractivity contribution is 5.81. The first-order chi connectivity index (χ1) is 7.62. The highest BCUT2D eigenvalue weighted by Crippen LogP contribution is 2.68. The molecular weight excluding hydrogens is 222 g/mol. The minimum Gasteiger partial charge on any atom is -0.480 e. The molecule has 2 fully saturated rings. The Kier molecular flexibility index (Phi) is 2.26. The van der Waals surface area contributed by atoms with Gasteiger partial charge >= 0.3 is 12.1 Å². The second-order valence-corrected chi connectivity index (χ2v) is 6.29. The average Bonchev–Trinajstić information content (AvgIpc) is 2.56. The summed E-state index contributed by atoms with van der Waals surface area (Å²) in [6.07, 6.45) is -1.13. The lowest BCUT2D eigenvalue weighted by atomic mass is 9.40. The maximum absolute atomic E-state index is 11.3. The molecule has 0 bridgehead atoms. The van der Waals surface area contributed by atoms with Crippen LogP contribution >= 0.6 is 0 Å². The van der Waals surface area contributed by atoms with E-state index in [1.54, 1.807) is 0 Å². The molecule has 1 amide bonds. The van der Waals surface area contributed by atoms with E-state index in [4.69, 9.17) is 5.11 Å². The SMILES string of the molecule is CC1(C)[C@@H]2[C@@H](C(=O)O)N(C(=O)O)C[C@@H]2C1(C)C. The summed E-state index contributed by atoms with van der Waals surface area (Å²) in [6, 6.07) is -0.888. The van der Waals surface area contributed by atoms with Crippen molar-refractivity contribution in [3.05, 3.63) is 0 Å². The molecule has 17 heavy (non-hydrogen) atoms. The largest absolute Gasteiger partial charge is 0.480 e. The van der Waals surface area contributed by atoms with Gasteiger partial charge in [0.1, 0.15) is 6.04 Å². The van der Waals surface area contributed by atoms with Crippen molar-refractivity contribution >= 4 is 12.1 Å². The van der Waals surface area contributed by atoms with Crippen LogP contribution in [0.1, 0.15) is 27.7 Å². The van der Waals surface area contributed by atoms with Crippen molar-refractivity contribution in [1.82, 2.24) is 4.90 Å². The maximum Gasteiger partial charge on any atom is 0.408 e. The van der Waals surface area contributed by atoms with Gasteiger partial charge in [-0.05, 0) is 16.7 Å². The predicted molar refractivity (Wildman–Crippen MR) is 60.7 cm³/mol. The summed E-state index contributed by atoms with van der Waals surface area (Å²) in [5.74, 6) is -0.954. The molecule has 1 aliphatic carbocycles. The molecule has 1 heterocycles. The summed E-state index contributed by atoms with van der Waals surface area (Å²) in [5, 5.41) is 18.4. The van der Waals surface area contributed by atoms with Crippen molar-refractivity contribution < 1.29 is 19.8 Å². The van der Waals surface area contributed by atoms with Crippen LogP contribution in [0.2, 0.25) is 0 Å². The molecule has 2 aliphatic rings. The molecule has 0 spiro atoms. The van der Waals surface area contributed by atoms with Crippen molar-refractivity contribution in [1.29, 1.82) is 0 Å². The lowest BCUT2D eigenvalue weighted by Gasteiger charge is -2.62. The molecule has 5 heteroatoms. The summed E-state index contributed by atoms with van der Waals surface area (Å²) in [5.41, 5.74) is -0.166. The molecule has 0 aromatic carbocycles. The molecule has 1 saturated carbocycles. The summed E-state index contributed by atoms with van der Waals surface area (Å²) < 4.78 is 0. The van der Waals surface area contributed by atoms with Gasteiger partial charge in [-0.3, -0.25) is 4.90 Å². The third-order valence-electron chi connectivity index (χ3n) is 5.42. The fourth-order valence-corrected chi connectivity index (χ4v) is 3.72. The smallest absolute Gasteiger partial charge is 0.408 e. The lowest BCUT2D eigenvalue weighted by molar-refractivity contribution is -0.168. The first kappa shape index (κ1) is 12.2. The van der Waals surface area contributed by atoms with Crippen molar-refractivity contribution in [2.24, 2.45) is 22.7 Å². The molecule has 0 aromatic heterocycles. The zero-order valence-corrected chi connectivity index (χ0v) is 10.6. The van der Waals surface area contributed by atoms with E-state index in [0.717, 1.165) is 4.90 Å². The first-order valence-electron chi connectivity index (χ1n) is 5.84. The Balaban J connectivity index is 2.39. The van der Waals surface area contributed by atoms with Crippen molar-refractivity contribution in [2.45, 2.75) is 33.7 Å². The zero-order valence-electron chi connectivity index (χ0n) is 10.6. The number of carboxylic acid groups (broad SMARTS) is 2. The highest BCUT2D eigenvalue weighted by Gasteiger charge is 2.70. The number of nitrogens with zero attached hydrogens (tertiary/aromatic N) is 1. The Labute approximate surface area is 100 Å². The number of amides is 1. The number of carbonyl (C=O) groups is 2. The summed E-state index contributed by atoms with van der Waals surface area (Å²) in [6.45, 7) is 8.61. The molecule has 2 N–H and O–H groups in total. The summed E-state index contributed by atoms with van der Waals surface area (Å²) >= 11 is 0. The number of carboxylic acids is 1. The topological polar surface area (TPSA) is 77.8 Å². The van der Waals surface area contributed by atoms with Crippen LogP contribution in [0.3, 0.4) is 0 Å². The van der Waals surface area contributed by atoms with E-state index in [1.165, 1.54) is 0 Å².